The molecule has 2 heterocycles. The molecule has 0 N–H and O–H groups in total. The molecule has 0 bridgehead atoms. The number of carbonyl (C=O) groups is 2. The van der Waals surface area contributed by atoms with Crippen molar-refractivity contribution in [1.29, 1.82) is 0 Å². The highest BCUT2D eigenvalue weighted by Crippen LogP contribution is 2.34. The van der Waals surface area contributed by atoms with Crippen molar-refractivity contribution in [3.8, 4) is 0 Å². The molecule has 0 aromatic heterocycles. The van der Waals surface area contributed by atoms with Gasteiger partial charge < -0.3 is 9.47 Å². The second kappa shape index (κ2) is 8.32. The second-order valence-electron chi connectivity index (χ2n) is 3.82. The lowest BCUT2D eigenvalue weighted by molar-refractivity contribution is -0.135. The largest absolute Gasteiger partial charge is 0.435 e. The van der Waals surface area contributed by atoms with Crippen LogP contribution >= 0.6 is 31.9 Å². The molecule has 2 aliphatic rings. The SMILES string of the molecule is CCCCC1=C(Br)/C(=C/Br)OC1=O.O=C1CC=CO1. The maximum atomic E-state index is 11.3. The summed E-state index contributed by atoms with van der Waals surface area (Å²) >= 11 is 6.47. The van der Waals surface area contributed by atoms with Crippen LogP contribution in [0.3, 0.4) is 0 Å². The summed E-state index contributed by atoms with van der Waals surface area (Å²) in [5, 5.41) is 0. The van der Waals surface area contributed by atoms with Crippen LogP contribution in [0.1, 0.15) is 32.6 Å². The van der Waals surface area contributed by atoms with Gasteiger partial charge in [0.2, 0.25) is 0 Å². The minimum absolute atomic E-state index is 0.157. The predicted octanol–water partition coefficient (Wildman–Crippen LogP) is 4.07. The molecule has 0 fully saturated rings. The van der Waals surface area contributed by atoms with Crippen LogP contribution in [0, 0.1) is 0 Å². The molecule has 0 aliphatic carbocycles. The fourth-order valence-corrected chi connectivity index (χ4v) is 2.58. The minimum Gasteiger partial charge on any atom is -0.435 e. The number of hydrogen-bond acceptors (Lipinski definition) is 4. The lowest BCUT2D eigenvalue weighted by atomic mass is 10.1. The van der Waals surface area contributed by atoms with Crippen LogP contribution < -0.4 is 0 Å². The number of rotatable bonds is 3. The van der Waals surface area contributed by atoms with E-state index in [1.807, 2.05) is 0 Å². The number of cyclic esters (lactones) is 2. The van der Waals surface area contributed by atoms with E-state index in [0.29, 0.717) is 12.2 Å². The Hall–Kier alpha value is -0.880. The van der Waals surface area contributed by atoms with E-state index in [4.69, 9.17) is 4.74 Å². The molecule has 0 amide bonds. The Bertz CT molecular complexity index is 440. The van der Waals surface area contributed by atoms with Crippen LogP contribution in [-0.4, -0.2) is 11.9 Å². The average Bonchev–Trinajstić information content (AvgIpc) is 2.97. The highest BCUT2D eigenvalue weighted by Gasteiger charge is 2.27. The van der Waals surface area contributed by atoms with Gasteiger partial charge in [-0.05, 0) is 34.8 Å². The number of unbranched alkanes of at least 4 members (excludes halogenated alkanes) is 1. The lowest BCUT2D eigenvalue weighted by Gasteiger charge is -1.95. The molecular formula is C13H14Br2O4. The molecule has 4 nitrogen and oxygen atoms in total. The van der Waals surface area contributed by atoms with Crippen LogP contribution in [0.15, 0.2) is 33.1 Å². The van der Waals surface area contributed by atoms with Gasteiger partial charge in [0.05, 0.1) is 22.7 Å². The normalized spacial score (nSPS) is 19.4. The van der Waals surface area contributed by atoms with Gasteiger partial charge in [0.1, 0.15) is 0 Å². The zero-order valence-corrected chi connectivity index (χ0v) is 13.6. The van der Waals surface area contributed by atoms with Crippen molar-refractivity contribution in [3.05, 3.63) is 33.1 Å². The van der Waals surface area contributed by atoms with Crippen molar-refractivity contribution in [2.75, 3.05) is 0 Å². The monoisotopic (exact) mass is 392 g/mol. The maximum Gasteiger partial charge on any atom is 0.340 e. The highest BCUT2D eigenvalue weighted by atomic mass is 79.9. The van der Waals surface area contributed by atoms with E-state index < -0.39 is 0 Å². The molecule has 0 saturated carbocycles. The van der Waals surface area contributed by atoms with Crippen molar-refractivity contribution >= 4 is 43.8 Å². The zero-order valence-electron chi connectivity index (χ0n) is 10.4. The molecule has 0 aromatic rings. The third-order valence-corrected chi connectivity index (χ3v) is 3.68. The van der Waals surface area contributed by atoms with E-state index in [0.717, 1.165) is 29.3 Å². The van der Waals surface area contributed by atoms with Gasteiger partial charge in [-0.1, -0.05) is 29.3 Å². The third kappa shape index (κ3) is 4.95. The fraction of sp³-hybridized carbons (Fsp3) is 0.385. The summed E-state index contributed by atoms with van der Waals surface area (Å²) in [4.78, 5) is 22.9. The first-order chi connectivity index (χ1) is 9.10. The second-order valence-corrected chi connectivity index (χ2v) is 5.08. The highest BCUT2D eigenvalue weighted by molar-refractivity contribution is 9.12. The average molecular weight is 394 g/mol. The first-order valence-corrected chi connectivity index (χ1v) is 7.57. The Kier molecular flexibility index (Phi) is 7.09. The number of hydrogen-bond donors (Lipinski definition) is 0. The lowest BCUT2D eigenvalue weighted by Crippen LogP contribution is -1.98. The van der Waals surface area contributed by atoms with Crippen LogP contribution in [0.25, 0.3) is 0 Å². The van der Waals surface area contributed by atoms with Gasteiger partial charge in [-0.2, -0.15) is 0 Å². The van der Waals surface area contributed by atoms with Gasteiger partial charge in [-0.3, -0.25) is 4.79 Å². The quantitative estimate of drug-likeness (QED) is 0.678. The van der Waals surface area contributed by atoms with Gasteiger partial charge >= 0.3 is 11.9 Å². The number of allylic oxidation sites excluding steroid dienone is 1. The smallest absolute Gasteiger partial charge is 0.340 e. The molecule has 0 unspecified atom stereocenters. The van der Waals surface area contributed by atoms with Gasteiger partial charge in [0, 0.05) is 4.99 Å². The molecule has 2 aliphatic heterocycles. The molecule has 2 rings (SSSR count). The van der Waals surface area contributed by atoms with E-state index >= 15 is 0 Å². The van der Waals surface area contributed by atoms with Crippen molar-refractivity contribution in [2.45, 2.75) is 32.6 Å². The van der Waals surface area contributed by atoms with E-state index in [9.17, 15) is 9.59 Å². The number of ether oxygens (including phenoxy) is 2. The Morgan fingerprint density at radius 3 is 2.53 bits per heavy atom. The Morgan fingerprint density at radius 1 is 1.42 bits per heavy atom. The molecule has 6 heteroatoms. The first-order valence-electron chi connectivity index (χ1n) is 5.86. The summed E-state index contributed by atoms with van der Waals surface area (Å²) in [7, 11) is 0. The number of carbonyl (C=O) groups excluding carboxylic acids is 2. The van der Waals surface area contributed by atoms with Gasteiger partial charge in [-0.25, -0.2) is 4.79 Å². The standard InChI is InChI=1S/C9H10Br2O2.C4H4O2/c1-2-3-4-6-8(11)7(5-10)13-9(6)12;5-4-2-1-3-6-4/h5H,2-4H2,1H3;1,3H,2H2/b7-5-;. The summed E-state index contributed by atoms with van der Waals surface area (Å²) in [6.07, 6.45) is 6.39. The van der Waals surface area contributed by atoms with Gasteiger partial charge in [0.25, 0.3) is 0 Å². The van der Waals surface area contributed by atoms with Crippen molar-refractivity contribution < 1.29 is 19.1 Å². The Balaban J connectivity index is 0.000000250. The van der Waals surface area contributed by atoms with E-state index in [1.54, 1.807) is 11.1 Å². The maximum absolute atomic E-state index is 11.3. The van der Waals surface area contributed by atoms with Crippen molar-refractivity contribution in [1.82, 2.24) is 0 Å². The molecule has 0 atom stereocenters. The topological polar surface area (TPSA) is 52.6 Å². The first kappa shape index (κ1) is 16.2. The van der Waals surface area contributed by atoms with Gasteiger partial charge in [-0.15, -0.1) is 0 Å². The summed E-state index contributed by atoms with van der Waals surface area (Å²) in [6.45, 7) is 2.09. The Labute approximate surface area is 128 Å². The Morgan fingerprint density at radius 2 is 2.16 bits per heavy atom. The molecule has 0 aromatic carbocycles. The van der Waals surface area contributed by atoms with E-state index in [-0.39, 0.29) is 11.9 Å². The van der Waals surface area contributed by atoms with Crippen molar-refractivity contribution in [3.63, 3.8) is 0 Å². The summed E-state index contributed by atoms with van der Waals surface area (Å²) < 4.78 is 10.1. The molecule has 0 spiro atoms. The third-order valence-electron chi connectivity index (χ3n) is 2.39. The van der Waals surface area contributed by atoms with Crippen LogP contribution in [0.5, 0.6) is 0 Å². The molecule has 0 radical (unpaired) electrons. The number of halogens is 2. The summed E-state index contributed by atoms with van der Waals surface area (Å²) in [5.74, 6) is 0.178. The molecule has 0 saturated heterocycles. The predicted molar refractivity (Wildman–Crippen MR) is 78.4 cm³/mol. The van der Waals surface area contributed by atoms with Crippen molar-refractivity contribution in [2.24, 2.45) is 0 Å². The van der Waals surface area contributed by atoms with E-state index in [1.165, 1.54) is 6.26 Å². The van der Waals surface area contributed by atoms with Gasteiger partial charge in [0.15, 0.2) is 5.76 Å². The summed E-state index contributed by atoms with van der Waals surface area (Å²) in [6, 6.07) is 0. The minimum atomic E-state index is -0.231. The fourth-order valence-electron chi connectivity index (χ4n) is 1.40. The van der Waals surface area contributed by atoms with E-state index in [2.05, 4.69) is 43.5 Å². The van der Waals surface area contributed by atoms with Crippen LogP contribution in [-0.2, 0) is 19.1 Å². The molecular weight excluding hydrogens is 380 g/mol. The van der Waals surface area contributed by atoms with Crippen LogP contribution in [0.4, 0.5) is 0 Å². The van der Waals surface area contributed by atoms with Crippen LogP contribution in [0.2, 0.25) is 0 Å². The summed E-state index contributed by atoms with van der Waals surface area (Å²) in [5.41, 5.74) is 0.743. The molecule has 104 valence electrons. The molecule has 19 heavy (non-hydrogen) atoms. The number of esters is 2. The zero-order chi connectivity index (χ0) is 14.3.